The number of fused-ring (bicyclic) bond motifs is 1. The molecule has 0 radical (unpaired) electrons. The van der Waals surface area contributed by atoms with Crippen molar-refractivity contribution in [2.75, 3.05) is 18.0 Å². The summed E-state index contributed by atoms with van der Waals surface area (Å²) in [6, 6.07) is 11.4. The van der Waals surface area contributed by atoms with Crippen LogP contribution in [-0.4, -0.2) is 36.2 Å². The largest absolute Gasteiger partial charge is 0.451 e. The second-order valence-electron chi connectivity index (χ2n) is 7.16. The molecule has 1 fully saturated rings. The van der Waals surface area contributed by atoms with Crippen LogP contribution in [0.1, 0.15) is 30.0 Å². The fourth-order valence-electron chi connectivity index (χ4n) is 3.47. The first kappa shape index (κ1) is 19.0. The molecular weight excluding hydrogens is 422 g/mol. The van der Waals surface area contributed by atoms with Gasteiger partial charge in [-0.2, -0.15) is 0 Å². The molecule has 1 aromatic carbocycles. The number of pyridine rings is 1. The number of ether oxygens (including phenoxy) is 1. The van der Waals surface area contributed by atoms with E-state index in [-0.39, 0.29) is 18.1 Å². The number of nitrogens with zero attached hydrogens (tertiary/aromatic N) is 2. The highest BCUT2D eigenvalue weighted by Gasteiger charge is 2.23. The molecule has 2 unspecified atom stereocenters. The van der Waals surface area contributed by atoms with Crippen LogP contribution in [0.5, 0.6) is 0 Å². The molecule has 146 valence electrons. The van der Waals surface area contributed by atoms with Gasteiger partial charge in [-0.1, -0.05) is 22.0 Å². The van der Waals surface area contributed by atoms with Gasteiger partial charge in [-0.05, 0) is 49.7 Å². The van der Waals surface area contributed by atoms with Gasteiger partial charge in [0.1, 0.15) is 11.4 Å². The van der Waals surface area contributed by atoms with Crippen molar-refractivity contribution in [2.24, 2.45) is 0 Å². The molecule has 1 amide bonds. The summed E-state index contributed by atoms with van der Waals surface area (Å²) >= 11 is 3.42. The molecule has 1 aliphatic rings. The van der Waals surface area contributed by atoms with Crippen molar-refractivity contribution in [3.63, 3.8) is 0 Å². The van der Waals surface area contributed by atoms with Gasteiger partial charge in [0, 0.05) is 35.7 Å². The van der Waals surface area contributed by atoms with Gasteiger partial charge >= 0.3 is 0 Å². The van der Waals surface area contributed by atoms with Crippen molar-refractivity contribution in [1.82, 2.24) is 10.3 Å². The highest BCUT2D eigenvalue weighted by molar-refractivity contribution is 9.10. The Bertz CT molecular complexity index is 976. The Morgan fingerprint density at radius 1 is 1.21 bits per heavy atom. The van der Waals surface area contributed by atoms with Crippen molar-refractivity contribution in [1.29, 1.82) is 0 Å². The molecule has 3 aromatic rings. The first-order valence-corrected chi connectivity index (χ1v) is 10.1. The average Bonchev–Trinajstić information content (AvgIpc) is 3.09. The fraction of sp³-hybridized carbons (Fsp3) is 0.333. The summed E-state index contributed by atoms with van der Waals surface area (Å²) in [6.45, 7) is 6.20. The van der Waals surface area contributed by atoms with Gasteiger partial charge in [0.15, 0.2) is 5.76 Å². The molecule has 1 N–H and O–H groups in total. The summed E-state index contributed by atoms with van der Waals surface area (Å²) in [5, 5.41) is 3.77. The maximum Gasteiger partial charge on any atom is 0.287 e. The number of anilines is 1. The van der Waals surface area contributed by atoms with Crippen molar-refractivity contribution in [3.05, 3.63) is 58.4 Å². The minimum Gasteiger partial charge on any atom is -0.451 e. The molecule has 2 aromatic heterocycles. The van der Waals surface area contributed by atoms with E-state index >= 15 is 0 Å². The molecule has 0 aliphatic carbocycles. The molecule has 0 bridgehead atoms. The predicted octanol–water partition coefficient (Wildman–Crippen LogP) is 4.13. The van der Waals surface area contributed by atoms with Crippen LogP contribution >= 0.6 is 15.9 Å². The number of rotatable bonds is 4. The maximum atomic E-state index is 12.4. The van der Waals surface area contributed by atoms with Crippen LogP contribution in [0.4, 0.5) is 5.82 Å². The van der Waals surface area contributed by atoms with Gasteiger partial charge in [0.2, 0.25) is 0 Å². The number of nitrogens with one attached hydrogen (secondary N) is 1. The predicted molar refractivity (Wildman–Crippen MR) is 112 cm³/mol. The van der Waals surface area contributed by atoms with E-state index in [0.29, 0.717) is 17.9 Å². The third-order valence-corrected chi connectivity index (χ3v) is 5.20. The monoisotopic (exact) mass is 443 g/mol. The summed E-state index contributed by atoms with van der Waals surface area (Å²) in [5.41, 5.74) is 1.62. The molecule has 1 aliphatic heterocycles. The van der Waals surface area contributed by atoms with Gasteiger partial charge in [0.05, 0.1) is 12.2 Å². The first-order valence-electron chi connectivity index (χ1n) is 9.30. The van der Waals surface area contributed by atoms with E-state index in [0.717, 1.165) is 34.3 Å². The standard InChI is InChI=1S/C21H22BrN3O3/c1-13-11-25(12-14(2)27-13)20-6-3-15(9-23-20)10-24-21(26)19-8-16-7-17(22)4-5-18(16)28-19/h3-9,13-14H,10-12H2,1-2H3,(H,24,26). The fourth-order valence-corrected chi connectivity index (χ4v) is 3.85. The summed E-state index contributed by atoms with van der Waals surface area (Å²) in [4.78, 5) is 19.2. The Hall–Kier alpha value is -2.38. The Kier molecular flexibility index (Phi) is 5.37. The summed E-state index contributed by atoms with van der Waals surface area (Å²) < 4.78 is 12.3. The van der Waals surface area contributed by atoms with E-state index in [1.165, 1.54) is 0 Å². The Balaban J connectivity index is 1.38. The second kappa shape index (κ2) is 7.93. The third-order valence-electron chi connectivity index (χ3n) is 4.71. The van der Waals surface area contributed by atoms with E-state index < -0.39 is 0 Å². The molecule has 6 nitrogen and oxygen atoms in total. The van der Waals surface area contributed by atoms with Crippen LogP contribution in [0.25, 0.3) is 11.0 Å². The van der Waals surface area contributed by atoms with E-state index in [1.807, 2.05) is 30.3 Å². The molecule has 0 spiro atoms. The number of amides is 1. The molecular formula is C21H22BrN3O3. The normalized spacial score (nSPS) is 19.8. The number of morpholine rings is 1. The topological polar surface area (TPSA) is 67.6 Å². The number of aromatic nitrogens is 1. The third kappa shape index (κ3) is 4.20. The smallest absolute Gasteiger partial charge is 0.287 e. The van der Waals surface area contributed by atoms with Crippen LogP contribution in [0.15, 0.2) is 51.5 Å². The Morgan fingerprint density at radius 2 is 2.00 bits per heavy atom. The van der Waals surface area contributed by atoms with Crippen LogP contribution in [0.3, 0.4) is 0 Å². The molecule has 28 heavy (non-hydrogen) atoms. The Morgan fingerprint density at radius 3 is 2.71 bits per heavy atom. The van der Waals surface area contributed by atoms with Gasteiger partial charge in [-0.25, -0.2) is 4.98 Å². The lowest BCUT2D eigenvalue weighted by Crippen LogP contribution is -2.45. The lowest BCUT2D eigenvalue weighted by atomic mass is 10.2. The van der Waals surface area contributed by atoms with Crippen molar-refractivity contribution in [3.8, 4) is 0 Å². The van der Waals surface area contributed by atoms with Gasteiger partial charge in [-0.15, -0.1) is 0 Å². The van der Waals surface area contributed by atoms with Crippen molar-refractivity contribution >= 4 is 38.6 Å². The highest BCUT2D eigenvalue weighted by atomic mass is 79.9. The van der Waals surface area contributed by atoms with Gasteiger partial charge < -0.3 is 19.4 Å². The maximum absolute atomic E-state index is 12.4. The Labute approximate surface area is 172 Å². The molecule has 7 heteroatoms. The number of furan rings is 1. The van der Waals surface area contributed by atoms with Crippen molar-refractivity contribution < 1.29 is 13.9 Å². The highest BCUT2D eigenvalue weighted by Crippen LogP contribution is 2.23. The number of carbonyl (C=O) groups is 1. The average molecular weight is 444 g/mol. The molecule has 2 atom stereocenters. The summed E-state index contributed by atoms with van der Waals surface area (Å²) in [5.74, 6) is 0.987. The number of hydrogen-bond donors (Lipinski definition) is 1. The summed E-state index contributed by atoms with van der Waals surface area (Å²) in [6.07, 6.45) is 2.18. The van der Waals surface area contributed by atoms with E-state index in [9.17, 15) is 4.79 Å². The zero-order valence-corrected chi connectivity index (χ0v) is 17.4. The molecule has 1 saturated heterocycles. The molecule has 3 heterocycles. The number of carbonyl (C=O) groups excluding carboxylic acids is 1. The van der Waals surface area contributed by atoms with Crippen LogP contribution in [-0.2, 0) is 11.3 Å². The minimum atomic E-state index is -0.243. The quantitative estimate of drug-likeness (QED) is 0.656. The van der Waals surface area contributed by atoms with E-state index in [2.05, 4.69) is 45.0 Å². The molecule has 4 rings (SSSR count). The SMILES string of the molecule is CC1CN(c2ccc(CNC(=O)c3cc4cc(Br)ccc4o3)cn2)CC(C)O1. The van der Waals surface area contributed by atoms with Crippen LogP contribution in [0.2, 0.25) is 0 Å². The number of hydrogen-bond acceptors (Lipinski definition) is 5. The first-order chi connectivity index (χ1) is 13.5. The zero-order chi connectivity index (χ0) is 19.7. The van der Waals surface area contributed by atoms with Crippen LogP contribution in [0, 0.1) is 0 Å². The van der Waals surface area contributed by atoms with Crippen molar-refractivity contribution in [2.45, 2.75) is 32.6 Å². The van der Waals surface area contributed by atoms with Gasteiger partial charge in [-0.3, -0.25) is 4.79 Å². The molecule has 0 saturated carbocycles. The second-order valence-corrected chi connectivity index (χ2v) is 8.08. The zero-order valence-electron chi connectivity index (χ0n) is 15.8. The van der Waals surface area contributed by atoms with Crippen LogP contribution < -0.4 is 10.2 Å². The minimum absolute atomic E-state index is 0.189. The van der Waals surface area contributed by atoms with Gasteiger partial charge in [0.25, 0.3) is 5.91 Å². The number of benzene rings is 1. The van der Waals surface area contributed by atoms with E-state index in [1.54, 1.807) is 12.3 Å². The van der Waals surface area contributed by atoms with E-state index in [4.69, 9.17) is 9.15 Å². The lowest BCUT2D eigenvalue weighted by Gasteiger charge is -2.36. The lowest BCUT2D eigenvalue weighted by molar-refractivity contribution is -0.00546. The number of halogens is 1. The summed E-state index contributed by atoms with van der Waals surface area (Å²) in [7, 11) is 0.